The highest BCUT2D eigenvalue weighted by Crippen LogP contribution is 2.43. The highest BCUT2D eigenvalue weighted by Gasteiger charge is 2.42. The molecule has 40 heavy (non-hydrogen) atoms. The van der Waals surface area contributed by atoms with Gasteiger partial charge in [-0.05, 0) is 37.3 Å². The summed E-state index contributed by atoms with van der Waals surface area (Å²) in [6.07, 6.45) is -4.61. The first kappa shape index (κ1) is 27.6. The van der Waals surface area contributed by atoms with E-state index in [1.807, 2.05) is 0 Å². The van der Waals surface area contributed by atoms with Gasteiger partial charge in [0.1, 0.15) is 18.0 Å². The van der Waals surface area contributed by atoms with Crippen molar-refractivity contribution in [1.29, 1.82) is 0 Å². The fourth-order valence-electron chi connectivity index (χ4n) is 5.02. The van der Waals surface area contributed by atoms with E-state index in [1.165, 1.54) is 24.4 Å². The van der Waals surface area contributed by atoms with E-state index in [-0.39, 0.29) is 72.0 Å². The van der Waals surface area contributed by atoms with Gasteiger partial charge in [-0.1, -0.05) is 17.7 Å². The molecule has 0 radical (unpaired) electrons. The molecule has 1 saturated carbocycles. The van der Waals surface area contributed by atoms with Crippen LogP contribution in [0.15, 0.2) is 24.4 Å². The van der Waals surface area contributed by atoms with E-state index in [0.29, 0.717) is 0 Å². The lowest BCUT2D eigenvalue weighted by atomic mass is 9.78. The first-order valence-corrected chi connectivity index (χ1v) is 12.6. The van der Waals surface area contributed by atoms with Gasteiger partial charge in [-0.25, -0.2) is 14.2 Å². The number of imide groups is 1. The van der Waals surface area contributed by atoms with Crippen molar-refractivity contribution in [2.75, 3.05) is 0 Å². The third-order valence-electron chi connectivity index (χ3n) is 7.03. The van der Waals surface area contributed by atoms with Gasteiger partial charge in [-0.15, -0.1) is 13.2 Å². The van der Waals surface area contributed by atoms with Gasteiger partial charge in [0.05, 0.1) is 5.56 Å². The molecule has 3 heterocycles. The Balaban J connectivity index is 1.18. The van der Waals surface area contributed by atoms with Gasteiger partial charge in [-0.3, -0.25) is 19.7 Å². The molecule has 1 aliphatic carbocycles. The Labute approximate surface area is 228 Å². The molecule has 1 unspecified atom stereocenters. The maximum Gasteiger partial charge on any atom is 0.574 e. The second-order valence-corrected chi connectivity index (χ2v) is 9.99. The second-order valence-electron chi connectivity index (χ2n) is 9.58. The van der Waals surface area contributed by atoms with Crippen molar-refractivity contribution in [3.8, 4) is 5.88 Å². The molecular weight excluding hydrogens is 564 g/mol. The number of alkyl carbamates (subject to hydrolysis) is 1. The van der Waals surface area contributed by atoms with Gasteiger partial charge in [0.2, 0.25) is 17.7 Å². The van der Waals surface area contributed by atoms with Crippen molar-refractivity contribution in [2.45, 2.75) is 63.2 Å². The van der Waals surface area contributed by atoms with Crippen LogP contribution in [0.5, 0.6) is 5.88 Å². The number of nitrogens with one attached hydrogen (secondary N) is 2. The number of pyridine rings is 1. The van der Waals surface area contributed by atoms with Crippen LogP contribution in [0.4, 0.5) is 22.4 Å². The largest absolute Gasteiger partial charge is 0.574 e. The highest BCUT2D eigenvalue weighted by atomic mass is 35.5. The molecule has 212 valence electrons. The Morgan fingerprint density at radius 1 is 1.25 bits per heavy atom. The molecule has 2 N–H and O–H groups in total. The predicted molar refractivity (Wildman–Crippen MR) is 127 cm³/mol. The number of fused-ring (bicyclic) bond motifs is 1. The normalized spacial score (nSPS) is 22.4. The van der Waals surface area contributed by atoms with Crippen molar-refractivity contribution in [1.82, 2.24) is 20.5 Å². The first-order valence-electron chi connectivity index (χ1n) is 12.2. The fourth-order valence-corrected chi connectivity index (χ4v) is 5.31. The van der Waals surface area contributed by atoms with Crippen molar-refractivity contribution in [3.05, 3.63) is 57.5 Å². The molecule has 0 spiro atoms. The van der Waals surface area contributed by atoms with E-state index in [9.17, 15) is 32.3 Å². The molecule has 10 nitrogen and oxygen atoms in total. The molecule has 5 rings (SSSR count). The number of piperidine rings is 1. The second kappa shape index (κ2) is 10.6. The molecule has 0 bridgehead atoms. The van der Waals surface area contributed by atoms with Gasteiger partial charge in [0.15, 0.2) is 0 Å². The summed E-state index contributed by atoms with van der Waals surface area (Å²) in [5.74, 6) is -3.68. The molecule has 4 amide bonds. The number of ether oxygens (including phenoxy) is 2. The van der Waals surface area contributed by atoms with Crippen LogP contribution in [0.1, 0.15) is 58.6 Å². The summed E-state index contributed by atoms with van der Waals surface area (Å²) in [5, 5.41) is 4.61. The van der Waals surface area contributed by atoms with E-state index in [1.54, 1.807) is 0 Å². The maximum absolute atomic E-state index is 15.3. The summed E-state index contributed by atoms with van der Waals surface area (Å²) in [5.41, 5.74) is 0.0449. The predicted octanol–water partition coefficient (Wildman–Crippen LogP) is 3.71. The number of carbonyl (C=O) groups is 4. The van der Waals surface area contributed by atoms with Crippen LogP contribution in [-0.2, 0) is 27.4 Å². The number of nitrogens with zero attached hydrogens (tertiary/aromatic N) is 2. The van der Waals surface area contributed by atoms with Crippen LogP contribution in [0.2, 0.25) is 5.02 Å². The summed E-state index contributed by atoms with van der Waals surface area (Å²) in [4.78, 5) is 53.8. The van der Waals surface area contributed by atoms with Crippen LogP contribution in [-0.4, -0.2) is 52.2 Å². The number of amides is 4. The number of rotatable bonds is 6. The van der Waals surface area contributed by atoms with Gasteiger partial charge in [-0.2, -0.15) is 0 Å². The minimum atomic E-state index is -4.90. The average molecular weight is 585 g/mol. The Morgan fingerprint density at radius 2 is 2.00 bits per heavy atom. The number of halogens is 5. The third kappa shape index (κ3) is 5.53. The zero-order chi connectivity index (χ0) is 28.8. The molecule has 15 heteroatoms. The first-order chi connectivity index (χ1) is 18.9. The van der Waals surface area contributed by atoms with E-state index in [2.05, 4.69) is 20.4 Å². The average Bonchev–Trinajstić information content (AvgIpc) is 3.20. The minimum Gasteiger partial charge on any atom is -0.446 e. The number of aromatic nitrogens is 1. The smallest absolute Gasteiger partial charge is 0.446 e. The summed E-state index contributed by atoms with van der Waals surface area (Å²) in [7, 11) is 0. The molecule has 1 aromatic carbocycles. The molecule has 3 aliphatic rings. The van der Waals surface area contributed by atoms with Crippen molar-refractivity contribution in [2.24, 2.45) is 0 Å². The lowest BCUT2D eigenvalue weighted by Crippen LogP contribution is -2.52. The van der Waals surface area contributed by atoms with E-state index in [4.69, 9.17) is 16.3 Å². The lowest BCUT2D eigenvalue weighted by Gasteiger charge is -2.35. The van der Waals surface area contributed by atoms with Gasteiger partial charge in [0.25, 0.3) is 5.91 Å². The van der Waals surface area contributed by atoms with Crippen molar-refractivity contribution in [3.63, 3.8) is 0 Å². The summed E-state index contributed by atoms with van der Waals surface area (Å²) in [6.45, 7) is -0.479. The lowest BCUT2D eigenvalue weighted by molar-refractivity contribution is -0.276. The zero-order valence-electron chi connectivity index (χ0n) is 20.5. The number of hydrogen-bond acceptors (Lipinski definition) is 7. The van der Waals surface area contributed by atoms with Crippen LogP contribution >= 0.6 is 11.6 Å². The van der Waals surface area contributed by atoms with Gasteiger partial charge in [0, 0.05) is 47.4 Å². The van der Waals surface area contributed by atoms with Crippen LogP contribution < -0.4 is 15.4 Å². The highest BCUT2D eigenvalue weighted by molar-refractivity contribution is 6.32. The maximum atomic E-state index is 15.3. The van der Waals surface area contributed by atoms with Crippen LogP contribution in [0.25, 0.3) is 0 Å². The quantitative estimate of drug-likeness (QED) is 0.391. The fraction of sp³-hybridized carbons (Fsp3) is 0.400. The van der Waals surface area contributed by atoms with Crippen LogP contribution in [0, 0.1) is 5.82 Å². The molecule has 1 aromatic heterocycles. The van der Waals surface area contributed by atoms with E-state index < -0.39 is 54.0 Å². The van der Waals surface area contributed by atoms with Crippen LogP contribution in [0.3, 0.4) is 0 Å². The number of carbonyl (C=O) groups excluding carboxylic acids is 4. The molecular formula is C25H21ClF4N4O6. The molecule has 1 atom stereocenters. The zero-order valence-corrected chi connectivity index (χ0v) is 21.3. The number of alkyl halides is 3. The van der Waals surface area contributed by atoms with Crippen molar-refractivity contribution < 1.29 is 46.2 Å². The SMILES string of the molecule is O=C1CCC(N2Cc3c(Cl)cc(CNC(=O)OC4CC(c5cccnc5OC(F)(F)F)C4)c(F)c3C2=O)C(=O)N1. The van der Waals surface area contributed by atoms with E-state index >= 15 is 4.39 Å². The number of benzene rings is 1. The Morgan fingerprint density at radius 3 is 2.70 bits per heavy atom. The summed E-state index contributed by atoms with van der Waals surface area (Å²) in [6, 6.07) is 3.25. The Hall–Kier alpha value is -3.94. The topological polar surface area (TPSA) is 127 Å². The summed E-state index contributed by atoms with van der Waals surface area (Å²) >= 11 is 6.30. The van der Waals surface area contributed by atoms with Crippen molar-refractivity contribution >= 4 is 35.4 Å². The molecule has 2 aromatic rings. The summed E-state index contributed by atoms with van der Waals surface area (Å²) < 4.78 is 62.5. The van der Waals surface area contributed by atoms with Gasteiger partial charge >= 0.3 is 12.5 Å². The standard InChI is InChI=1S/C25H21ClF4N4O6/c26-16-8-12(20(27)19-15(16)10-34(23(19)37)17-3-4-18(35)33-21(17)36)9-32-24(38)39-13-6-11(7-13)14-2-1-5-31-22(14)40-25(28,29)30/h1-2,5,8,11,13,17H,3-4,6-7,9-10H2,(H,32,38)(H,33,35,36). The minimum absolute atomic E-state index is 0.0382. The van der Waals surface area contributed by atoms with Gasteiger partial charge < -0.3 is 19.7 Å². The monoisotopic (exact) mass is 584 g/mol. The Kier molecular flexibility index (Phi) is 7.29. The number of hydrogen-bond donors (Lipinski definition) is 2. The Bertz CT molecular complexity index is 1400. The molecule has 1 saturated heterocycles. The van der Waals surface area contributed by atoms with E-state index in [0.717, 1.165) is 4.90 Å². The molecule has 2 aliphatic heterocycles. The third-order valence-corrected chi connectivity index (χ3v) is 7.36. The molecule has 2 fully saturated rings.